The molecule has 1 aromatic heterocycles. The maximum absolute atomic E-state index is 10.7. The fourth-order valence-electron chi connectivity index (χ4n) is 1.52. The van der Waals surface area contributed by atoms with Crippen molar-refractivity contribution in [2.24, 2.45) is 0 Å². The summed E-state index contributed by atoms with van der Waals surface area (Å²) >= 11 is 0. The number of anilines is 2. The molecule has 0 spiro atoms. The fourth-order valence-corrected chi connectivity index (χ4v) is 1.52. The summed E-state index contributed by atoms with van der Waals surface area (Å²) in [4.78, 5) is 16.1. The van der Waals surface area contributed by atoms with Gasteiger partial charge in [0.05, 0.1) is 16.8 Å². The molecule has 0 aliphatic carbocycles. The van der Waals surface area contributed by atoms with Crippen LogP contribution in [0.25, 0.3) is 0 Å². The normalized spacial score (nSPS) is 9.94. The molecular formula is C12H11N3O2. The van der Waals surface area contributed by atoms with Crippen molar-refractivity contribution in [1.82, 2.24) is 4.98 Å². The summed E-state index contributed by atoms with van der Waals surface area (Å²) in [6, 6.07) is 10.2. The van der Waals surface area contributed by atoms with Gasteiger partial charge < -0.3 is 4.90 Å². The zero-order valence-electron chi connectivity index (χ0n) is 9.28. The molecule has 0 aliphatic heterocycles. The molecule has 0 unspecified atom stereocenters. The molecule has 86 valence electrons. The molecule has 5 nitrogen and oxygen atoms in total. The van der Waals surface area contributed by atoms with Crippen molar-refractivity contribution in [3.8, 4) is 0 Å². The third kappa shape index (κ3) is 2.39. The number of pyridine rings is 1. The van der Waals surface area contributed by atoms with Gasteiger partial charge in [-0.2, -0.15) is 0 Å². The molecule has 2 aromatic rings. The van der Waals surface area contributed by atoms with E-state index in [9.17, 15) is 10.1 Å². The first-order valence-corrected chi connectivity index (χ1v) is 5.06. The Hall–Kier alpha value is -2.43. The lowest BCUT2D eigenvalue weighted by Crippen LogP contribution is -2.09. The molecule has 1 heterocycles. The molecule has 0 N–H and O–H groups in total. The van der Waals surface area contributed by atoms with E-state index in [1.54, 1.807) is 18.5 Å². The first-order valence-electron chi connectivity index (χ1n) is 5.06. The minimum absolute atomic E-state index is 0.0817. The van der Waals surface area contributed by atoms with Crippen LogP contribution in [0, 0.1) is 10.1 Å². The van der Waals surface area contributed by atoms with Gasteiger partial charge >= 0.3 is 0 Å². The van der Waals surface area contributed by atoms with E-state index >= 15 is 0 Å². The summed E-state index contributed by atoms with van der Waals surface area (Å²) in [5, 5.41) is 10.7. The quantitative estimate of drug-likeness (QED) is 0.599. The van der Waals surface area contributed by atoms with Crippen LogP contribution in [-0.4, -0.2) is 17.0 Å². The number of hydrogen-bond acceptors (Lipinski definition) is 4. The Labute approximate surface area is 98.5 Å². The molecule has 0 saturated heterocycles. The number of rotatable bonds is 3. The maximum atomic E-state index is 10.7. The number of benzene rings is 1. The number of nitro groups is 1. The molecule has 0 aliphatic rings. The molecule has 17 heavy (non-hydrogen) atoms. The number of nitro benzene ring substituents is 1. The van der Waals surface area contributed by atoms with Crippen molar-refractivity contribution in [2.75, 3.05) is 11.9 Å². The standard InChI is InChI=1S/C12H11N3O2/c1-14(12-6-3-7-13-9-12)10-4-2-5-11(8-10)15(16)17/h2-9H,1H3. The molecule has 0 radical (unpaired) electrons. The first-order chi connectivity index (χ1) is 8.18. The van der Waals surface area contributed by atoms with Crippen LogP contribution >= 0.6 is 0 Å². The predicted octanol–water partition coefficient (Wildman–Crippen LogP) is 2.76. The highest BCUT2D eigenvalue weighted by Crippen LogP contribution is 2.25. The van der Waals surface area contributed by atoms with Crippen molar-refractivity contribution in [3.05, 3.63) is 58.9 Å². The van der Waals surface area contributed by atoms with E-state index < -0.39 is 4.92 Å². The average Bonchev–Trinajstić information content (AvgIpc) is 2.39. The summed E-state index contributed by atoms with van der Waals surface area (Å²) in [6.07, 6.45) is 3.39. The minimum atomic E-state index is -0.402. The van der Waals surface area contributed by atoms with Gasteiger partial charge in [0, 0.05) is 31.1 Å². The van der Waals surface area contributed by atoms with E-state index in [1.165, 1.54) is 12.1 Å². The highest BCUT2D eigenvalue weighted by atomic mass is 16.6. The summed E-state index contributed by atoms with van der Waals surface area (Å²) in [6.45, 7) is 0. The Bertz CT molecular complexity index is 528. The Morgan fingerprint density at radius 2 is 2.00 bits per heavy atom. The van der Waals surface area contributed by atoms with E-state index in [0.29, 0.717) is 0 Å². The van der Waals surface area contributed by atoms with Gasteiger partial charge in [0.25, 0.3) is 5.69 Å². The van der Waals surface area contributed by atoms with Gasteiger partial charge in [-0.15, -0.1) is 0 Å². The topological polar surface area (TPSA) is 59.3 Å². The molecule has 1 aromatic carbocycles. The monoisotopic (exact) mass is 229 g/mol. The van der Waals surface area contributed by atoms with Crippen LogP contribution in [0.5, 0.6) is 0 Å². The van der Waals surface area contributed by atoms with Gasteiger partial charge in [0.15, 0.2) is 0 Å². The second-order valence-electron chi connectivity index (χ2n) is 3.55. The molecule has 0 saturated carbocycles. The van der Waals surface area contributed by atoms with Crippen LogP contribution in [0.15, 0.2) is 48.8 Å². The average molecular weight is 229 g/mol. The lowest BCUT2D eigenvalue weighted by atomic mass is 10.2. The summed E-state index contributed by atoms with van der Waals surface area (Å²) in [5.74, 6) is 0. The predicted molar refractivity (Wildman–Crippen MR) is 65.4 cm³/mol. The van der Waals surface area contributed by atoms with Crippen LogP contribution in [0.1, 0.15) is 0 Å². The Kier molecular flexibility index (Phi) is 3.00. The molecule has 0 fully saturated rings. The van der Waals surface area contributed by atoms with Crippen molar-refractivity contribution >= 4 is 17.1 Å². The van der Waals surface area contributed by atoms with E-state index in [4.69, 9.17) is 0 Å². The van der Waals surface area contributed by atoms with Crippen LogP contribution < -0.4 is 4.90 Å². The third-order valence-corrected chi connectivity index (χ3v) is 2.46. The van der Waals surface area contributed by atoms with E-state index in [2.05, 4.69) is 4.98 Å². The lowest BCUT2D eigenvalue weighted by Gasteiger charge is -2.18. The second-order valence-corrected chi connectivity index (χ2v) is 3.55. The van der Waals surface area contributed by atoms with Gasteiger partial charge in [-0.25, -0.2) is 0 Å². The third-order valence-electron chi connectivity index (χ3n) is 2.46. The fraction of sp³-hybridized carbons (Fsp3) is 0.0833. The second kappa shape index (κ2) is 4.61. The molecule has 2 rings (SSSR count). The molecule has 5 heteroatoms. The number of nitrogens with zero attached hydrogens (tertiary/aromatic N) is 3. The molecule has 0 amide bonds. The van der Waals surface area contributed by atoms with E-state index in [0.717, 1.165) is 11.4 Å². The number of aromatic nitrogens is 1. The molecular weight excluding hydrogens is 218 g/mol. The largest absolute Gasteiger partial charge is 0.343 e. The van der Waals surface area contributed by atoms with Crippen LogP contribution in [-0.2, 0) is 0 Å². The summed E-state index contributed by atoms with van der Waals surface area (Å²) in [7, 11) is 1.84. The van der Waals surface area contributed by atoms with Crippen LogP contribution in [0.2, 0.25) is 0 Å². The van der Waals surface area contributed by atoms with Gasteiger partial charge in [0.2, 0.25) is 0 Å². The van der Waals surface area contributed by atoms with Crippen LogP contribution in [0.4, 0.5) is 17.1 Å². The summed E-state index contributed by atoms with van der Waals surface area (Å²) in [5.41, 5.74) is 1.72. The Balaban J connectivity index is 2.34. The van der Waals surface area contributed by atoms with Gasteiger partial charge in [0.1, 0.15) is 0 Å². The summed E-state index contributed by atoms with van der Waals surface area (Å²) < 4.78 is 0. The van der Waals surface area contributed by atoms with Crippen molar-refractivity contribution in [2.45, 2.75) is 0 Å². The minimum Gasteiger partial charge on any atom is -0.343 e. The van der Waals surface area contributed by atoms with Gasteiger partial charge in [-0.1, -0.05) is 6.07 Å². The number of non-ortho nitro benzene ring substituents is 1. The highest BCUT2D eigenvalue weighted by Gasteiger charge is 2.09. The zero-order valence-corrected chi connectivity index (χ0v) is 9.28. The highest BCUT2D eigenvalue weighted by molar-refractivity contribution is 5.63. The van der Waals surface area contributed by atoms with Crippen molar-refractivity contribution in [1.29, 1.82) is 0 Å². The van der Waals surface area contributed by atoms with Crippen LogP contribution in [0.3, 0.4) is 0 Å². The Morgan fingerprint density at radius 1 is 1.24 bits per heavy atom. The van der Waals surface area contributed by atoms with Crippen molar-refractivity contribution < 1.29 is 4.92 Å². The van der Waals surface area contributed by atoms with E-state index in [-0.39, 0.29) is 5.69 Å². The lowest BCUT2D eigenvalue weighted by molar-refractivity contribution is -0.384. The maximum Gasteiger partial charge on any atom is 0.271 e. The van der Waals surface area contributed by atoms with Gasteiger partial charge in [-0.05, 0) is 18.2 Å². The Morgan fingerprint density at radius 3 is 2.65 bits per heavy atom. The SMILES string of the molecule is CN(c1cccnc1)c1cccc([N+](=O)[O-])c1. The smallest absolute Gasteiger partial charge is 0.271 e. The van der Waals surface area contributed by atoms with Gasteiger partial charge in [-0.3, -0.25) is 15.1 Å². The zero-order chi connectivity index (χ0) is 12.3. The molecule has 0 bridgehead atoms. The number of hydrogen-bond donors (Lipinski definition) is 0. The van der Waals surface area contributed by atoms with E-state index in [1.807, 2.05) is 30.1 Å². The first kappa shape index (κ1) is 11.1. The van der Waals surface area contributed by atoms with Crippen molar-refractivity contribution in [3.63, 3.8) is 0 Å². The molecule has 0 atom stereocenters.